The van der Waals surface area contributed by atoms with E-state index in [0.29, 0.717) is 10.6 Å². The Bertz CT molecular complexity index is 486. The lowest BCUT2D eigenvalue weighted by molar-refractivity contribution is -0.169. The molecule has 1 aliphatic rings. The fourth-order valence-electron chi connectivity index (χ4n) is 1.22. The second-order valence-corrected chi connectivity index (χ2v) is 3.26. The van der Waals surface area contributed by atoms with E-state index in [0.717, 1.165) is 0 Å². The molecular formula is C10H7FN2O4. The van der Waals surface area contributed by atoms with E-state index in [1.54, 1.807) is 5.32 Å². The Kier molecular flexibility index (Phi) is 2.84. The number of carbonyl (C=O) groups is 3. The lowest BCUT2D eigenvalue weighted by Crippen LogP contribution is -2.31. The van der Waals surface area contributed by atoms with Crippen LogP contribution in [0.5, 0.6) is 0 Å². The third kappa shape index (κ3) is 2.28. The highest BCUT2D eigenvalue weighted by Crippen LogP contribution is 2.08. The molecule has 0 radical (unpaired) electrons. The predicted molar refractivity (Wildman–Crippen MR) is 51.6 cm³/mol. The zero-order valence-corrected chi connectivity index (χ0v) is 8.47. The van der Waals surface area contributed by atoms with E-state index in [9.17, 15) is 18.8 Å². The number of rotatable bonds is 3. The maximum absolute atomic E-state index is 12.6. The maximum atomic E-state index is 12.6. The summed E-state index contributed by atoms with van der Waals surface area (Å²) >= 11 is 0. The number of imide groups is 2. The van der Waals surface area contributed by atoms with Gasteiger partial charge in [0.1, 0.15) is 12.4 Å². The summed E-state index contributed by atoms with van der Waals surface area (Å²) < 4.78 is 12.6. The molecule has 1 aromatic rings. The number of benzene rings is 1. The molecule has 0 saturated carbocycles. The molecule has 0 unspecified atom stereocenters. The summed E-state index contributed by atoms with van der Waals surface area (Å²) in [6.07, 6.45) is 0. The molecule has 17 heavy (non-hydrogen) atoms. The van der Waals surface area contributed by atoms with Crippen LogP contribution >= 0.6 is 0 Å². The topological polar surface area (TPSA) is 75.7 Å². The third-order valence-corrected chi connectivity index (χ3v) is 2.06. The van der Waals surface area contributed by atoms with Gasteiger partial charge in [0.25, 0.3) is 0 Å². The smallest absolute Gasteiger partial charge is 0.267 e. The Balaban J connectivity index is 1.99. The minimum atomic E-state index is -1.07. The molecule has 0 aliphatic carbocycles. The molecule has 1 fully saturated rings. The van der Waals surface area contributed by atoms with Crippen LogP contribution in [0, 0.1) is 5.82 Å². The summed E-state index contributed by atoms with van der Waals surface area (Å²) in [5, 5.41) is 2.11. The van der Waals surface area contributed by atoms with Gasteiger partial charge < -0.3 is 0 Å². The minimum Gasteiger partial charge on any atom is -0.267 e. The number of hydroxylamine groups is 2. The summed E-state index contributed by atoms with van der Waals surface area (Å²) in [5.74, 6) is -2.51. The number of carbonyl (C=O) groups excluding carboxylic acids is 3. The van der Waals surface area contributed by atoms with Gasteiger partial charge in [0.15, 0.2) is 0 Å². The molecule has 4 amide bonds. The van der Waals surface area contributed by atoms with Crippen molar-refractivity contribution in [2.45, 2.75) is 6.61 Å². The zero-order chi connectivity index (χ0) is 12.4. The Labute approximate surface area is 94.9 Å². The molecule has 1 aliphatic heterocycles. The molecular weight excluding hydrogens is 231 g/mol. The molecule has 1 saturated heterocycles. The monoisotopic (exact) mass is 238 g/mol. The van der Waals surface area contributed by atoms with Crippen LogP contribution in [-0.2, 0) is 21.0 Å². The first-order valence-corrected chi connectivity index (χ1v) is 4.64. The van der Waals surface area contributed by atoms with Crippen molar-refractivity contribution >= 4 is 17.8 Å². The molecule has 7 heteroatoms. The van der Waals surface area contributed by atoms with Crippen LogP contribution < -0.4 is 5.32 Å². The number of amides is 4. The second kappa shape index (κ2) is 4.30. The zero-order valence-electron chi connectivity index (χ0n) is 8.47. The molecule has 1 aromatic carbocycles. The summed E-state index contributed by atoms with van der Waals surface area (Å²) in [4.78, 5) is 37.8. The molecule has 1 N–H and O–H groups in total. The molecule has 1 heterocycles. The highest BCUT2D eigenvalue weighted by Gasteiger charge is 2.38. The average Bonchev–Trinajstić information content (AvgIpc) is 2.54. The first-order chi connectivity index (χ1) is 8.08. The van der Waals surface area contributed by atoms with Crippen molar-refractivity contribution in [1.82, 2.24) is 10.4 Å². The van der Waals surface area contributed by atoms with E-state index < -0.39 is 23.7 Å². The van der Waals surface area contributed by atoms with Gasteiger partial charge in [-0.3, -0.25) is 19.7 Å². The van der Waals surface area contributed by atoms with Crippen LogP contribution in [-0.4, -0.2) is 22.9 Å². The first-order valence-electron chi connectivity index (χ1n) is 4.64. The van der Waals surface area contributed by atoms with Gasteiger partial charge in [-0.1, -0.05) is 12.1 Å². The lowest BCUT2D eigenvalue weighted by atomic mass is 10.2. The van der Waals surface area contributed by atoms with Gasteiger partial charge in [-0.2, -0.15) is 0 Å². The molecule has 0 aromatic heterocycles. The van der Waals surface area contributed by atoms with Crippen LogP contribution in [0.2, 0.25) is 0 Å². The second-order valence-electron chi connectivity index (χ2n) is 3.26. The fraction of sp³-hybridized carbons (Fsp3) is 0.100. The van der Waals surface area contributed by atoms with E-state index in [-0.39, 0.29) is 6.61 Å². The van der Waals surface area contributed by atoms with E-state index in [2.05, 4.69) is 0 Å². The van der Waals surface area contributed by atoms with Crippen LogP contribution in [0.3, 0.4) is 0 Å². The van der Waals surface area contributed by atoms with Gasteiger partial charge in [0, 0.05) is 0 Å². The van der Waals surface area contributed by atoms with Crippen molar-refractivity contribution < 1.29 is 23.6 Å². The van der Waals surface area contributed by atoms with Crippen LogP contribution in [0.1, 0.15) is 5.56 Å². The molecule has 2 rings (SSSR count). The van der Waals surface area contributed by atoms with Crippen molar-refractivity contribution in [3.63, 3.8) is 0 Å². The van der Waals surface area contributed by atoms with Crippen LogP contribution in [0.25, 0.3) is 0 Å². The quantitative estimate of drug-likeness (QED) is 0.608. The van der Waals surface area contributed by atoms with E-state index in [1.165, 1.54) is 24.3 Å². The van der Waals surface area contributed by atoms with Gasteiger partial charge in [-0.15, -0.1) is 5.06 Å². The highest BCUT2D eigenvalue weighted by molar-refractivity contribution is 6.44. The largest absolute Gasteiger partial charge is 0.356 e. The number of urea groups is 1. The van der Waals surface area contributed by atoms with E-state index in [1.807, 2.05) is 0 Å². The Hall–Kier alpha value is -2.28. The molecule has 0 atom stereocenters. The predicted octanol–water partition coefficient (Wildman–Crippen LogP) is 0.336. The van der Waals surface area contributed by atoms with Crippen LogP contribution in [0.15, 0.2) is 24.3 Å². The highest BCUT2D eigenvalue weighted by atomic mass is 19.1. The number of nitrogens with one attached hydrogen (secondary N) is 1. The lowest BCUT2D eigenvalue weighted by Gasteiger charge is -2.10. The Morgan fingerprint density at radius 2 is 1.82 bits per heavy atom. The van der Waals surface area contributed by atoms with Crippen LogP contribution in [0.4, 0.5) is 9.18 Å². The van der Waals surface area contributed by atoms with Gasteiger partial charge in [-0.25, -0.2) is 9.18 Å². The SMILES string of the molecule is O=C1NC(=O)N(OCc2ccc(F)cc2)C1=O. The van der Waals surface area contributed by atoms with Gasteiger partial charge in [0.2, 0.25) is 0 Å². The maximum Gasteiger partial charge on any atom is 0.356 e. The molecule has 88 valence electrons. The summed E-state index contributed by atoms with van der Waals surface area (Å²) in [7, 11) is 0. The molecule has 6 nitrogen and oxygen atoms in total. The summed E-state index contributed by atoms with van der Waals surface area (Å²) in [6, 6.07) is 4.39. The summed E-state index contributed by atoms with van der Waals surface area (Å²) in [5.41, 5.74) is 0.561. The van der Waals surface area contributed by atoms with Crippen molar-refractivity contribution in [2.24, 2.45) is 0 Å². The average molecular weight is 238 g/mol. The normalized spacial score (nSPS) is 15.4. The van der Waals surface area contributed by atoms with Crippen molar-refractivity contribution in [3.05, 3.63) is 35.6 Å². The third-order valence-electron chi connectivity index (χ3n) is 2.06. The number of hydrogen-bond donors (Lipinski definition) is 1. The number of halogens is 1. The van der Waals surface area contributed by atoms with Gasteiger partial charge >= 0.3 is 17.8 Å². The van der Waals surface area contributed by atoms with Crippen molar-refractivity contribution in [1.29, 1.82) is 0 Å². The Morgan fingerprint density at radius 3 is 2.35 bits per heavy atom. The standard InChI is InChI=1S/C10H7FN2O4/c11-7-3-1-6(2-4-7)5-17-13-9(15)8(14)12-10(13)16/h1-4H,5H2,(H,12,14,16). The number of nitrogens with zero attached hydrogens (tertiary/aromatic N) is 1. The fourth-order valence-corrected chi connectivity index (χ4v) is 1.22. The molecule has 0 spiro atoms. The Morgan fingerprint density at radius 1 is 1.18 bits per heavy atom. The minimum absolute atomic E-state index is 0.118. The van der Waals surface area contributed by atoms with Gasteiger partial charge in [0.05, 0.1) is 0 Å². The molecule has 0 bridgehead atoms. The number of hydrogen-bond acceptors (Lipinski definition) is 4. The summed E-state index contributed by atoms with van der Waals surface area (Å²) in [6.45, 7) is -0.118. The van der Waals surface area contributed by atoms with E-state index in [4.69, 9.17) is 4.84 Å². The van der Waals surface area contributed by atoms with Crippen molar-refractivity contribution in [2.75, 3.05) is 0 Å². The first kappa shape index (κ1) is 11.2. The van der Waals surface area contributed by atoms with E-state index >= 15 is 0 Å². The van der Waals surface area contributed by atoms with Gasteiger partial charge in [-0.05, 0) is 17.7 Å². The van der Waals surface area contributed by atoms with Crippen molar-refractivity contribution in [3.8, 4) is 0 Å².